The van der Waals surface area contributed by atoms with Crippen LogP contribution in [0.5, 0.6) is 0 Å². The van der Waals surface area contributed by atoms with E-state index in [0.717, 1.165) is 32.8 Å². The van der Waals surface area contributed by atoms with Crippen LogP contribution >= 0.6 is 35.6 Å². The van der Waals surface area contributed by atoms with Gasteiger partial charge in [-0.05, 0) is 0 Å². The van der Waals surface area contributed by atoms with Crippen molar-refractivity contribution in [3.05, 3.63) is 0 Å². The van der Waals surface area contributed by atoms with Gasteiger partial charge in [0.15, 0.2) is 0 Å². The summed E-state index contributed by atoms with van der Waals surface area (Å²) in [7, 11) is 0. The fraction of sp³-hybridized carbons (Fsp3) is 1.00. The van der Waals surface area contributed by atoms with Crippen LogP contribution < -0.4 is 0 Å². The van der Waals surface area contributed by atoms with Gasteiger partial charge in [0.25, 0.3) is 0 Å². The van der Waals surface area contributed by atoms with E-state index in [0.29, 0.717) is 5.88 Å². The number of nitrogens with zero attached hydrogens (tertiary/aromatic N) is 1. The Morgan fingerprint density at radius 3 is 2.42 bits per heavy atom. The smallest absolute Gasteiger partial charge is 0.0598 e. The van der Waals surface area contributed by atoms with Crippen LogP contribution in [-0.4, -0.2) is 49.0 Å². The molecule has 1 rings (SSSR count). The summed E-state index contributed by atoms with van der Waals surface area (Å²) in [5.74, 6) is 0.527. The predicted molar refractivity (Wildman–Crippen MR) is 54.9 cm³/mol. The van der Waals surface area contributed by atoms with Gasteiger partial charge >= 0.3 is 0 Å². The summed E-state index contributed by atoms with van der Waals surface area (Å²) in [6, 6.07) is 0. The Hall–Kier alpha value is 0.790. The van der Waals surface area contributed by atoms with E-state index >= 15 is 0 Å². The molecular weight excluding hydrogens is 220 g/mol. The van der Waals surface area contributed by atoms with Crippen molar-refractivity contribution in [1.82, 2.24) is 4.90 Å². The zero-order chi connectivity index (χ0) is 8.10. The number of halogens is 3. The molecule has 74 valence electrons. The first-order chi connectivity index (χ1) is 5.33. The fourth-order valence-corrected chi connectivity index (χ4v) is 1.41. The lowest BCUT2D eigenvalue weighted by Gasteiger charge is -2.27. The maximum atomic E-state index is 5.88. The lowest BCUT2D eigenvalue weighted by molar-refractivity contribution is 0.0385. The number of ether oxygens (including phenoxy) is 1. The van der Waals surface area contributed by atoms with E-state index in [2.05, 4.69) is 4.90 Å². The molecule has 1 saturated heterocycles. The molecule has 0 aromatic carbocycles. The van der Waals surface area contributed by atoms with E-state index in [1.165, 1.54) is 0 Å². The Morgan fingerprint density at radius 1 is 1.33 bits per heavy atom. The van der Waals surface area contributed by atoms with Crippen molar-refractivity contribution in [3.8, 4) is 0 Å². The summed E-state index contributed by atoms with van der Waals surface area (Å²) in [5, 5.41) is 0.0785. The quantitative estimate of drug-likeness (QED) is 0.688. The average molecular weight is 235 g/mol. The molecule has 1 heterocycles. The standard InChI is InChI=1S/C7H13Cl2NO.ClH/c8-5-7(9)6-10-1-3-11-4-2-10;/h7H,1-6H2;1H. The average Bonchev–Trinajstić information content (AvgIpc) is 2.06. The summed E-state index contributed by atoms with van der Waals surface area (Å²) in [6.45, 7) is 4.51. The van der Waals surface area contributed by atoms with Gasteiger partial charge in [0, 0.05) is 25.5 Å². The van der Waals surface area contributed by atoms with Gasteiger partial charge in [-0.25, -0.2) is 0 Å². The van der Waals surface area contributed by atoms with Gasteiger partial charge in [-0.15, -0.1) is 35.6 Å². The zero-order valence-corrected chi connectivity index (χ0v) is 9.17. The minimum atomic E-state index is 0. The van der Waals surface area contributed by atoms with E-state index in [1.54, 1.807) is 0 Å². The molecule has 0 spiro atoms. The van der Waals surface area contributed by atoms with Crippen molar-refractivity contribution in [3.63, 3.8) is 0 Å². The summed E-state index contributed by atoms with van der Waals surface area (Å²) >= 11 is 11.5. The molecule has 0 radical (unpaired) electrons. The normalized spacial score (nSPS) is 21.5. The van der Waals surface area contributed by atoms with E-state index in [-0.39, 0.29) is 17.8 Å². The topological polar surface area (TPSA) is 12.5 Å². The molecule has 5 heteroatoms. The van der Waals surface area contributed by atoms with Gasteiger partial charge in [0.2, 0.25) is 0 Å². The van der Waals surface area contributed by atoms with Crippen LogP contribution in [0.25, 0.3) is 0 Å². The van der Waals surface area contributed by atoms with Gasteiger partial charge < -0.3 is 4.74 Å². The molecule has 1 aliphatic heterocycles. The lowest BCUT2D eigenvalue weighted by atomic mass is 10.3. The second kappa shape index (κ2) is 7.22. The summed E-state index contributed by atoms with van der Waals surface area (Å²) in [5.41, 5.74) is 0. The third kappa shape index (κ3) is 4.73. The van der Waals surface area contributed by atoms with Crippen LogP contribution in [0.15, 0.2) is 0 Å². The first-order valence-corrected chi connectivity index (χ1v) is 4.80. The number of hydrogen-bond acceptors (Lipinski definition) is 2. The van der Waals surface area contributed by atoms with Crippen molar-refractivity contribution in [2.24, 2.45) is 0 Å². The summed E-state index contributed by atoms with van der Waals surface area (Å²) in [6.07, 6.45) is 0. The summed E-state index contributed by atoms with van der Waals surface area (Å²) < 4.78 is 5.20. The largest absolute Gasteiger partial charge is 0.379 e. The van der Waals surface area contributed by atoms with Crippen LogP contribution in [0.4, 0.5) is 0 Å². The number of alkyl halides is 2. The van der Waals surface area contributed by atoms with Crippen molar-refractivity contribution < 1.29 is 4.74 Å². The second-order valence-corrected chi connectivity index (χ2v) is 3.59. The predicted octanol–water partition coefficient (Wildman–Crippen LogP) is 1.59. The maximum Gasteiger partial charge on any atom is 0.0598 e. The third-order valence-corrected chi connectivity index (χ3v) is 2.55. The molecule has 1 atom stereocenters. The number of hydrogen-bond donors (Lipinski definition) is 0. The van der Waals surface area contributed by atoms with Crippen LogP contribution in [0.3, 0.4) is 0 Å². The van der Waals surface area contributed by atoms with E-state index < -0.39 is 0 Å². The van der Waals surface area contributed by atoms with Crippen LogP contribution in [0.2, 0.25) is 0 Å². The molecule has 0 saturated carbocycles. The van der Waals surface area contributed by atoms with Gasteiger partial charge in [0.1, 0.15) is 0 Å². The lowest BCUT2D eigenvalue weighted by Crippen LogP contribution is -2.40. The molecule has 2 nitrogen and oxygen atoms in total. The molecule has 1 fully saturated rings. The highest BCUT2D eigenvalue weighted by molar-refractivity contribution is 6.28. The minimum Gasteiger partial charge on any atom is -0.379 e. The van der Waals surface area contributed by atoms with Gasteiger partial charge in [0.05, 0.1) is 18.6 Å². The Balaban J connectivity index is 0.00000121. The van der Waals surface area contributed by atoms with Gasteiger partial charge in [-0.3, -0.25) is 4.90 Å². The van der Waals surface area contributed by atoms with Crippen molar-refractivity contribution in [2.45, 2.75) is 5.38 Å². The Bertz CT molecular complexity index is 109. The highest BCUT2D eigenvalue weighted by Gasteiger charge is 2.13. The van der Waals surface area contributed by atoms with Crippen molar-refractivity contribution in [2.75, 3.05) is 38.7 Å². The molecule has 0 aromatic rings. The monoisotopic (exact) mass is 233 g/mol. The number of morpholine rings is 1. The molecule has 0 aliphatic carbocycles. The van der Waals surface area contributed by atoms with E-state index in [4.69, 9.17) is 27.9 Å². The molecule has 0 bridgehead atoms. The Kier molecular flexibility index (Phi) is 7.69. The van der Waals surface area contributed by atoms with E-state index in [1.807, 2.05) is 0 Å². The second-order valence-electron chi connectivity index (χ2n) is 2.66. The maximum absolute atomic E-state index is 5.88. The Morgan fingerprint density at radius 2 is 1.92 bits per heavy atom. The fourth-order valence-electron chi connectivity index (χ4n) is 1.11. The summed E-state index contributed by atoms with van der Waals surface area (Å²) in [4.78, 5) is 2.28. The zero-order valence-electron chi connectivity index (χ0n) is 6.84. The van der Waals surface area contributed by atoms with Gasteiger partial charge in [-0.2, -0.15) is 0 Å². The van der Waals surface area contributed by atoms with Crippen LogP contribution in [0, 0.1) is 0 Å². The van der Waals surface area contributed by atoms with Crippen molar-refractivity contribution >= 4 is 35.6 Å². The first kappa shape index (κ1) is 12.8. The van der Waals surface area contributed by atoms with Gasteiger partial charge in [-0.1, -0.05) is 0 Å². The molecule has 0 aromatic heterocycles. The Labute approximate surface area is 89.6 Å². The molecule has 12 heavy (non-hydrogen) atoms. The number of rotatable bonds is 3. The SMILES string of the molecule is Cl.ClCC(Cl)CN1CCOCC1. The van der Waals surface area contributed by atoms with Crippen LogP contribution in [-0.2, 0) is 4.74 Å². The molecule has 0 amide bonds. The van der Waals surface area contributed by atoms with E-state index in [9.17, 15) is 0 Å². The molecule has 0 N–H and O–H groups in total. The van der Waals surface area contributed by atoms with Crippen LogP contribution in [0.1, 0.15) is 0 Å². The minimum absolute atomic E-state index is 0. The first-order valence-electron chi connectivity index (χ1n) is 3.83. The highest BCUT2D eigenvalue weighted by Crippen LogP contribution is 2.04. The highest BCUT2D eigenvalue weighted by atomic mass is 35.5. The molecule has 1 unspecified atom stereocenters. The molecule has 1 aliphatic rings. The molecular formula is C7H14Cl3NO. The third-order valence-electron chi connectivity index (χ3n) is 1.73. The van der Waals surface area contributed by atoms with Crippen molar-refractivity contribution in [1.29, 1.82) is 0 Å².